The molecule has 6 rings (SSSR count). The number of allylic oxidation sites excluding steroid dienone is 3. The highest BCUT2D eigenvalue weighted by Crippen LogP contribution is 2.40. The second-order valence-corrected chi connectivity index (χ2v) is 20.5. The number of methoxy groups -OCH3 is 3. The molecule has 1 aromatic carbocycles. The van der Waals surface area contributed by atoms with Gasteiger partial charge in [-0.05, 0) is 139 Å². The van der Waals surface area contributed by atoms with Crippen LogP contribution in [0.3, 0.4) is 0 Å². The van der Waals surface area contributed by atoms with Crippen molar-refractivity contribution in [3.05, 3.63) is 53.8 Å². The molecule has 13 atom stereocenters. The molecule has 67 heavy (non-hydrogen) atoms. The number of amides is 1. The van der Waals surface area contributed by atoms with Gasteiger partial charge in [0, 0.05) is 82.5 Å². The van der Waals surface area contributed by atoms with Crippen molar-refractivity contribution in [3.8, 4) is 0 Å². The van der Waals surface area contributed by atoms with E-state index in [4.69, 9.17) is 23.7 Å². The molecule has 2 saturated heterocycles. The number of anilines is 1. The first-order chi connectivity index (χ1) is 32.0. The van der Waals surface area contributed by atoms with Crippen LogP contribution in [0.2, 0.25) is 0 Å². The molecule has 2 aromatic rings. The molecule has 13 nitrogen and oxygen atoms in total. The van der Waals surface area contributed by atoms with Crippen LogP contribution in [0.1, 0.15) is 126 Å². The number of Topliss-reactive ketones (excluding diaryl/α,β-unsaturated/α-hetero) is 2. The van der Waals surface area contributed by atoms with Gasteiger partial charge in [-0.1, -0.05) is 45.4 Å². The van der Waals surface area contributed by atoms with Gasteiger partial charge in [0.05, 0.1) is 24.4 Å². The van der Waals surface area contributed by atoms with Gasteiger partial charge in [0.2, 0.25) is 5.79 Å². The van der Waals surface area contributed by atoms with Crippen LogP contribution < -0.4 is 4.90 Å². The minimum atomic E-state index is -2.47. The van der Waals surface area contributed by atoms with E-state index in [0.717, 1.165) is 42.6 Å². The molecule has 0 radical (unpaired) electrons. The summed E-state index contributed by atoms with van der Waals surface area (Å²) in [5.74, 6) is -6.05. The molecule has 2 bridgehead atoms. The molecule has 1 aliphatic carbocycles. The fourth-order valence-electron chi connectivity index (χ4n) is 11.7. The molecule has 3 aliphatic heterocycles. The smallest absolute Gasteiger partial charge is 0.329 e. The molecule has 1 aromatic heterocycles. The van der Waals surface area contributed by atoms with Crippen LogP contribution in [-0.2, 0) is 49.4 Å². The Labute approximate surface area is 399 Å². The average Bonchev–Trinajstić information content (AvgIpc) is 3.75. The first-order valence-corrected chi connectivity index (χ1v) is 25.2. The molecule has 13 heteroatoms. The highest BCUT2D eigenvalue weighted by molar-refractivity contribution is 6.39. The molecule has 0 spiro atoms. The number of aliphatic hydroxyl groups is 1. The highest BCUT2D eigenvalue weighted by Gasteiger charge is 2.56. The Balaban J connectivity index is 1.28. The quantitative estimate of drug-likeness (QED) is 0.147. The van der Waals surface area contributed by atoms with E-state index in [0.29, 0.717) is 51.4 Å². The third-order valence-corrected chi connectivity index (χ3v) is 15.8. The van der Waals surface area contributed by atoms with Crippen molar-refractivity contribution in [1.82, 2.24) is 9.47 Å². The number of benzene rings is 1. The van der Waals surface area contributed by atoms with Gasteiger partial charge < -0.3 is 43.2 Å². The number of piperidine rings is 1. The summed E-state index contributed by atoms with van der Waals surface area (Å²) in [6.07, 6.45) is 10.9. The van der Waals surface area contributed by atoms with E-state index >= 15 is 0 Å². The standard InChI is InChI=1S/C54H81N3O10/c1-12-39-27-33(3)26-34(4)28-47(64-10)50-48(65-11)30-37(7)54(62,67-50)51(59)52(60)57-24-15-14-16-44(57)53(61)66-49(35(5)17-22-45(39)58)36(6)29-38-18-20-43(46(31-38)63-9)55(8)41-19-21-42-40(32-41)23-25-56(42)13-2/h19,21,23,25,27,29,32,34-35,37-39,43-44,46-50,62H,12-18,20,22,24,26,28,30-31H2,1-11H3/b33-27+,36-29?. The van der Waals surface area contributed by atoms with Gasteiger partial charge in [-0.25, -0.2) is 4.79 Å². The maximum atomic E-state index is 14.6. The Hall–Kier alpha value is -3.88. The zero-order chi connectivity index (χ0) is 48.7. The van der Waals surface area contributed by atoms with Crippen LogP contribution in [-0.4, -0.2) is 121 Å². The van der Waals surface area contributed by atoms with Gasteiger partial charge in [-0.3, -0.25) is 14.4 Å². The van der Waals surface area contributed by atoms with E-state index < -0.39 is 59.8 Å². The fraction of sp³-hybridized carbons (Fsp3) is 0.704. The maximum Gasteiger partial charge on any atom is 0.329 e. The van der Waals surface area contributed by atoms with E-state index in [1.165, 1.54) is 15.8 Å². The summed E-state index contributed by atoms with van der Waals surface area (Å²) >= 11 is 0. The summed E-state index contributed by atoms with van der Waals surface area (Å²) in [4.78, 5) is 61.0. The van der Waals surface area contributed by atoms with Crippen molar-refractivity contribution in [2.75, 3.05) is 39.8 Å². The fourth-order valence-corrected chi connectivity index (χ4v) is 11.7. The SMILES string of the molecule is CCC1/C=C(\C)CC(C)CC(OC)C2OC(O)(C(=O)C(=O)N3CCCCC3C(=O)OC(C(C)=CC3CCC(N(C)c4ccc5c(ccn5CC)c4)C(OC)C3)C(C)CCC1=O)C(C)CC2OC. The van der Waals surface area contributed by atoms with Crippen molar-refractivity contribution in [1.29, 1.82) is 0 Å². The number of ketones is 2. The second-order valence-electron chi connectivity index (χ2n) is 20.5. The number of carbonyl (C=O) groups is 4. The number of esters is 1. The van der Waals surface area contributed by atoms with Gasteiger partial charge in [-0.15, -0.1) is 0 Å². The number of aryl methyl sites for hydroxylation is 1. The molecular weight excluding hydrogens is 851 g/mol. The lowest BCUT2D eigenvalue weighted by atomic mass is 9.80. The summed E-state index contributed by atoms with van der Waals surface area (Å²) in [7, 11) is 7.05. The number of ether oxygens (including phenoxy) is 5. The topological polar surface area (TPSA) is 146 Å². The van der Waals surface area contributed by atoms with E-state index in [1.807, 2.05) is 20.8 Å². The van der Waals surface area contributed by atoms with Crippen molar-refractivity contribution in [2.45, 2.75) is 180 Å². The summed E-state index contributed by atoms with van der Waals surface area (Å²) in [5, 5.41) is 13.4. The van der Waals surface area contributed by atoms with Crippen molar-refractivity contribution < 1.29 is 48.0 Å². The molecule has 3 fully saturated rings. The number of carbonyl (C=O) groups excluding carboxylic acids is 4. The molecule has 13 unspecified atom stereocenters. The van der Waals surface area contributed by atoms with Gasteiger partial charge in [0.1, 0.15) is 24.0 Å². The van der Waals surface area contributed by atoms with Crippen LogP contribution in [0, 0.1) is 29.6 Å². The normalized spacial score (nSPS) is 35.6. The van der Waals surface area contributed by atoms with Crippen molar-refractivity contribution in [2.24, 2.45) is 29.6 Å². The van der Waals surface area contributed by atoms with E-state index in [9.17, 15) is 24.3 Å². The first kappa shape index (κ1) is 52.5. The number of nitrogens with zero attached hydrogens (tertiary/aromatic N) is 3. The van der Waals surface area contributed by atoms with Crippen molar-refractivity contribution in [3.63, 3.8) is 0 Å². The Kier molecular flexibility index (Phi) is 18.1. The Morgan fingerprint density at radius 2 is 1.64 bits per heavy atom. The number of hydrogen-bond acceptors (Lipinski definition) is 11. The number of fused-ring (bicyclic) bond motifs is 4. The Morgan fingerprint density at radius 3 is 2.33 bits per heavy atom. The number of hydrogen-bond donors (Lipinski definition) is 1. The number of aromatic nitrogens is 1. The van der Waals surface area contributed by atoms with Crippen LogP contribution in [0.25, 0.3) is 10.9 Å². The number of rotatable bonds is 9. The summed E-state index contributed by atoms with van der Waals surface area (Å²) in [6, 6.07) is 7.92. The maximum absolute atomic E-state index is 14.6. The predicted octanol–water partition coefficient (Wildman–Crippen LogP) is 8.62. The predicted molar refractivity (Wildman–Crippen MR) is 260 cm³/mol. The van der Waals surface area contributed by atoms with Gasteiger partial charge >= 0.3 is 5.97 Å². The first-order valence-electron chi connectivity index (χ1n) is 25.2. The second kappa shape index (κ2) is 23.2. The van der Waals surface area contributed by atoms with Crippen LogP contribution in [0.4, 0.5) is 5.69 Å². The largest absolute Gasteiger partial charge is 0.456 e. The molecule has 4 heterocycles. The molecule has 4 aliphatic rings. The van der Waals surface area contributed by atoms with Gasteiger partial charge in [0.25, 0.3) is 11.7 Å². The van der Waals surface area contributed by atoms with Gasteiger partial charge in [-0.2, -0.15) is 0 Å². The molecule has 1 N–H and O–H groups in total. The average molecular weight is 932 g/mol. The summed E-state index contributed by atoms with van der Waals surface area (Å²) in [5.41, 5.74) is 4.34. The lowest BCUT2D eigenvalue weighted by molar-refractivity contribution is -0.302. The van der Waals surface area contributed by atoms with Gasteiger partial charge in [0.15, 0.2) is 0 Å². The Morgan fingerprint density at radius 1 is 0.925 bits per heavy atom. The van der Waals surface area contributed by atoms with E-state index in [-0.39, 0.29) is 54.6 Å². The molecular formula is C54H81N3O10. The third-order valence-electron chi connectivity index (χ3n) is 15.8. The minimum absolute atomic E-state index is 0.0454. The lowest BCUT2D eigenvalue weighted by Gasteiger charge is -2.47. The van der Waals surface area contributed by atoms with Crippen LogP contribution >= 0.6 is 0 Å². The minimum Gasteiger partial charge on any atom is -0.456 e. The van der Waals surface area contributed by atoms with Crippen molar-refractivity contribution >= 4 is 40.0 Å². The van der Waals surface area contributed by atoms with Crippen LogP contribution in [0.5, 0.6) is 0 Å². The number of cyclic esters (lactones) is 1. The van der Waals surface area contributed by atoms with E-state index in [2.05, 4.69) is 79.9 Å². The number of likely N-dealkylation sites (N-methyl/N-ethyl adjacent to an activating group) is 1. The van der Waals surface area contributed by atoms with E-state index in [1.54, 1.807) is 28.3 Å². The lowest BCUT2D eigenvalue weighted by Crippen LogP contribution is -2.64. The molecule has 1 amide bonds. The zero-order valence-electron chi connectivity index (χ0n) is 42.3. The summed E-state index contributed by atoms with van der Waals surface area (Å²) < 4.78 is 33.1. The Bertz CT molecular complexity index is 2100. The summed E-state index contributed by atoms with van der Waals surface area (Å²) in [6.45, 7) is 15.1. The van der Waals surface area contributed by atoms with Crippen LogP contribution in [0.15, 0.2) is 53.8 Å². The molecule has 1 saturated carbocycles. The highest BCUT2D eigenvalue weighted by atomic mass is 16.7. The molecule has 372 valence electrons. The third kappa shape index (κ3) is 11.8. The monoisotopic (exact) mass is 932 g/mol. The zero-order valence-corrected chi connectivity index (χ0v) is 42.3.